The van der Waals surface area contributed by atoms with Gasteiger partial charge in [0, 0.05) is 19.0 Å². The Bertz CT molecular complexity index is 346. The number of nitrogens with two attached hydrogens (primary N) is 1. The fourth-order valence-corrected chi connectivity index (χ4v) is 1.23. The van der Waals surface area contributed by atoms with Crippen LogP contribution in [0.4, 0.5) is 0 Å². The summed E-state index contributed by atoms with van der Waals surface area (Å²) in [6.07, 6.45) is 1.48. The van der Waals surface area contributed by atoms with Gasteiger partial charge in [-0.2, -0.15) is 0 Å². The molecule has 14 heavy (non-hydrogen) atoms. The van der Waals surface area contributed by atoms with Gasteiger partial charge in [-0.3, -0.25) is 4.79 Å². The third kappa shape index (κ3) is 1.96. The topological polar surface area (TPSA) is 60.9 Å². The van der Waals surface area contributed by atoms with Crippen molar-refractivity contribution in [2.45, 2.75) is 19.9 Å². The number of nitrogens with zero attached hydrogens (tertiary/aromatic N) is 2. The molecule has 0 aliphatic carbocycles. The summed E-state index contributed by atoms with van der Waals surface area (Å²) in [5.41, 5.74) is 6.15. The third-order valence-electron chi connectivity index (χ3n) is 2.39. The van der Waals surface area contributed by atoms with Crippen molar-refractivity contribution >= 4 is 17.4 Å². The van der Waals surface area contributed by atoms with E-state index in [-0.39, 0.29) is 17.7 Å². The minimum Gasteiger partial charge on any atom is -0.327 e. The second-order valence-electron chi connectivity index (χ2n) is 3.48. The SMILES string of the molecule is CC(N)C(C)C(=O)c1cnc(Cl)n1C. The lowest BCUT2D eigenvalue weighted by Crippen LogP contribution is -2.31. The quantitative estimate of drug-likeness (QED) is 0.772. The maximum atomic E-state index is 11.8. The molecule has 5 heteroatoms. The van der Waals surface area contributed by atoms with Gasteiger partial charge in [0.1, 0.15) is 5.69 Å². The number of hydrogen-bond acceptors (Lipinski definition) is 3. The Morgan fingerprint density at radius 1 is 1.64 bits per heavy atom. The summed E-state index contributed by atoms with van der Waals surface area (Å²) in [5.74, 6) is -0.247. The fraction of sp³-hybridized carbons (Fsp3) is 0.556. The highest BCUT2D eigenvalue weighted by molar-refractivity contribution is 6.28. The highest BCUT2D eigenvalue weighted by Crippen LogP contribution is 2.14. The second kappa shape index (κ2) is 4.11. The Morgan fingerprint density at radius 3 is 2.57 bits per heavy atom. The van der Waals surface area contributed by atoms with E-state index in [1.165, 1.54) is 6.20 Å². The van der Waals surface area contributed by atoms with Crippen LogP contribution >= 0.6 is 11.6 Å². The number of ketones is 1. The fourth-order valence-electron chi connectivity index (χ4n) is 1.09. The Hall–Kier alpha value is -0.870. The zero-order valence-electron chi connectivity index (χ0n) is 8.49. The average Bonchev–Trinajstić information content (AvgIpc) is 2.45. The zero-order chi connectivity index (χ0) is 10.9. The van der Waals surface area contributed by atoms with Gasteiger partial charge in [0.25, 0.3) is 0 Å². The molecule has 0 saturated heterocycles. The van der Waals surface area contributed by atoms with Gasteiger partial charge in [-0.25, -0.2) is 4.98 Å². The lowest BCUT2D eigenvalue weighted by atomic mass is 9.97. The first-order valence-corrected chi connectivity index (χ1v) is 4.80. The molecule has 78 valence electrons. The van der Waals surface area contributed by atoms with Crippen LogP contribution in [0.5, 0.6) is 0 Å². The highest BCUT2D eigenvalue weighted by atomic mass is 35.5. The number of carbonyl (C=O) groups is 1. The summed E-state index contributed by atoms with van der Waals surface area (Å²) in [6, 6.07) is -0.170. The molecule has 0 saturated carbocycles. The summed E-state index contributed by atoms with van der Waals surface area (Å²) in [7, 11) is 1.70. The zero-order valence-corrected chi connectivity index (χ0v) is 9.25. The van der Waals surface area contributed by atoms with Gasteiger partial charge >= 0.3 is 0 Å². The summed E-state index contributed by atoms with van der Waals surface area (Å²) >= 11 is 5.73. The molecule has 0 aliphatic heterocycles. The van der Waals surface area contributed by atoms with Gasteiger partial charge in [-0.05, 0) is 18.5 Å². The van der Waals surface area contributed by atoms with Crippen LogP contribution in [0.25, 0.3) is 0 Å². The summed E-state index contributed by atoms with van der Waals surface area (Å²) < 4.78 is 1.56. The molecule has 0 radical (unpaired) electrons. The van der Waals surface area contributed by atoms with Crippen LogP contribution in [0.2, 0.25) is 5.28 Å². The van der Waals surface area contributed by atoms with Gasteiger partial charge in [0.05, 0.1) is 6.20 Å². The number of hydrogen-bond donors (Lipinski definition) is 1. The molecule has 2 N–H and O–H groups in total. The molecule has 1 aromatic heterocycles. The standard InChI is InChI=1S/C9H14ClN3O/c1-5(6(2)11)8(14)7-4-12-9(10)13(7)3/h4-6H,11H2,1-3H3. The lowest BCUT2D eigenvalue weighted by Gasteiger charge is -2.13. The minimum atomic E-state index is -0.221. The molecule has 2 atom stereocenters. The first kappa shape index (κ1) is 11.2. The van der Waals surface area contributed by atoms with E-state index in [0.717, 1.165) is 0 Å². The van der Waals surface area contributed by atoms with Crippen LogP contribution < -0.4 is 5.73 Å². The predicted molar refractivity (Wildman–Crippen MR) is 55.4 cm³/mol. The first-order chi connectivity index (χ1) is 6.45. The van der Waals surface area contributed by atoms with E-state index < -0.39 is 0 Å². The first-order valence-electron chi connectivity index (χ1n) is 4.42. The van der Waals surface area contributed by atoms with Crippen molar-refractivity contribution in [1.82, 2.24) is 9.55 Å². The van der Waals surface area contributed by atoms with Gasteiger partial charge in [0.2, 0.25) is 5.28 Å². The number of halogens is 1. The van der Waals surface area contributed by atoms with Crippen molar-refractivity contribution in [2.24, 2.45) is 18.7 Å². The molecular formula is C9H14ClN3O. The summed E-state index contributed by atoms with van der Waals surface area (Å²) in [5, 5.41) is 0.310. The molecule has 1 rings (SSSR count). The molecule has 0 spiro atoms. The summed E-state index contributed by atoms with van der Waals surface area (Å²) in [4.78, 5) is 15.7. The van der Waals surface area contributed by atoms with Crippen molar-refractivity contribution in [1.29, 1.82) is 0 Å². The highest BCUT2D eigenvalue weighted by Gasteiger charge is 2.22. The van der Waals surface area contributed by atoms with Crippen molar-refractivity contribution < 1.29 is 4.79 Å². The Kier molecular flexibility index (Phi) is 3.29. The van der Waals surface area contributed by atoms with Crippen molar-refractivity contribution in [3.05, 3.63) is 17.2 Å². The molecule has 0 bridgehead atoms. The molecule has 0 aromatic carbocycles. The number of rotatable bonds is 3. The monoisotopic (exact) mass is 215 g/mol. The van der Waals surface area contributed by atoms with Crippen molar-refractivity contribution in [2.75, 3.05) is 0 Å². The van der Waals surface area contributed by atoms with Gasteiger partial charge in [-0.1, -0.05) is 6.92 Å². The van der Waals surface area contributed by atoms with E-state index in [1.54, 1.807) is 25.5 Å². The maximum Gasteiger partial charge on any atom is 0.202 e. The van der Waals surface area contributed by atoms with Gasteiger partial charge in [-0.15, -0.1) is 0 Å². The third-order valence-corrected chi connectivity index (χ3v) is 2.74. The van der Waals surface area contributed by atoms with Crippen LogP contribution in [0.3, 0.4) is 0 Å². The van der Waals surface area contributed by atoms with Crippen molar-refractivity contribution in [3.63, 3.8) is 0 Å². The predicted octanol–water partition coefficient (Wildman–Crippen LogP) is 1.24. The molecule has 0 amide bonds. The van der Waals surface area contributed by atoms with Gasteiger partial charge < -0.3 is 10.3 Å². The molecule has 2 unspecified atom stereocenters. The van der Waals surface area contributed by atoms with Crippen LogP contribution in [0.15, 0.2) is 6.20 Å². The Balaban J connectivity index is 2.95. The maximum absolute atomic E-state index is 11.8. The second-order valence-corrected chi connectivity index (χ2v) is 3.82. The minimum absolute atomic E-state index is 0.0260. The van der Waals surface area contributed by atoms with E-state index in [0.29, 0.717) is 11.0 Å². The van der Waals surface area contributed by atoms with Crippen LogP contribution in [0.1, 0.15) is 24.3 Å². The van der Waals surface area contributed by atoms with Crippen LogP contribution in [0, 0.1) is 5.92 Å². The van der Waals surface area contributed by atoms with Crippen molar-refractivity contribution in [3.8, 4) is 0 Å². The van der Waals surface area contributed by atoms with E-state index in [2.05, 4.69) is 4.98 Å². The van der Waals surface area contributed by atoms with Gasteiger partial charge in [0.15, 0.2) is 5.78 Å². The number of carbonyl (C=O) groups excluding carboxylic acids is 1. The number of Topliss-reactive ketones (excluding diaryl/α,β-unsaturated/α-hetero) is 1. The van der Waals surface area contributed by atoms with E-state index in [9.17, 15) is 4.79 Å². The average molecular weight is 216 g/mol. The Morgan fingerprint density at radius 2 is 2.21 bits per heavy atom. The lowest BCUT2D eigenvalue weighted by molar-refractivity contribution is 0.0908. The van der Waals surface area contributed by atoms with Crippen LogP contribution in [-0.2, 0) is 7.05 Å². The normalized spacial score (nSPS) is 15.2. The molecule has 1 aromatic rings. The smallest absolute Gasteiger partial charge is 0.202 e. The molecule has 1 heterocycles. The van der Waals surface area contributed by atoms with Crippen LogP contribution in [-0.4, -0.2) is 21.4 Å². The number of imidazole rings is 1. The largest absolute Gasteiger partial charge is 0.327 e. The molecule has 4 nitrogen and oxygen atoms in total. The molecule has 0 fully saturated rings. The molecular weight excluding hydrogens is 202 g/mol. The Labute approximate surface area is 88.1 Å². The summed E-state index contributed by atoms with van der Waals surface area (Å²) in [6.45, 7) is 3.61. The van der Waals surface area contributed by atoms with E-state index in [4.69, 9.17) is 17.3 Å². The van der Waals surface area contributed by atoms with E-state index >= 15 is 0 Å². The van der Waals surface area contributed by atoms with E-state index in [1.807, 2.05) is 0 Å². The molecule has 0 aliphatic rings. The number of aromatic nitrogens is 2.